The molecule has 15 heavy (non-hydrogen) atoms. The highest BCUT2D eigenvalue weighted by Gasteiger charge is 2.11. The summed E-state index contributed by atoms with van der Waals surface area (Å²) in [6, 6.07) is 6.25. The predicted molar refractivity (Wildman–Crippen MR) is 59.3 cm³/mol. The Hall–Kier alpha value is -1.61. The summed E-state index contributed by atoms with van der Waals surface area (Å²) in [7, 11) is 0. The standard InChI is InChI=1S/C12H14N2O/c1-8-3-4-9(2)11(5-8)12-10(6-13)7-14-15-12/h3-5,7H,6,13H2,1-2H3. The fraction of sp³-hybridized carbons (Fsp3) is 0.250. The highest BCUT2D eigenvalue weighted by atomic mass is 16.5. The molecular weight excluding hydrogens is 188 g/mol. The van der Waals surface area contributed by atoms with Crippen molar-refractivity contribution >= 4 is 0 Å². The van der Waals surface area contributed by atoms with Crippen molar-refractivity contribution < 1.29 is 4.52 Å². The van der Waals surface area contributed by atoms with Gasteiger partial charge in [0.2, 0.25) is 0 Å². The molecule has 1 aromatic heterocycles. The van der Waals surface area contributed by atoms with Crippen LogP contribution in [0.1, 0.15) is 16.7 Å². The molecule has 2 rings (SSSR count). The molecule has 0 atom stereocenters. The molecule has 1 aromatic carbocycles. The van der Waals surface area contributed by atoms with E-state index in [1.807, 2.05) is 0 Å². The van der Waals surface area contributed by atoms with Gasteiger partial charge < -0.3 is 10.3 Å². The Morgan fingerprint density at radius 3 is 2.87 bits per heavy atom. The number of nitrogens with zero attached hydrogens (tertiary/aromatic N) is 1. The number of aryl methyl sites for hydroxylation is 2. The minimum absolute atomic E-state index is 0.451. The molecule has 0 amide bonds. The topological polar surface area (TPSA) is 52.0 Å². The van der Waals surface area contributed by atoms with Crippen molar-refractivity contribution in [3.63, 3.8) is 0 Å². The first-order valence-corrected chi connectivity index (χ1v) is 4.93. The van der Waals surface area contributed by atoms with Gasteiger partial charge in [-0.3, -0.25) is 0 Å². The van der Waals surface area contributed by atoms with Crippen LogP contribution < -0.4 is 5.73 Å². The van der Waals surface area contributed by atoms with Crippen molar-refractivity contribution in [1.29, 1.82) is 0 Å². The van der Waals surface area contributed by atoms with E-state index >= 15 is 0 Å². The van der Waals surface area contributed by atoms with E-state index in [2.05, 4.69) is 37.2 Å². The van der Waals surface area contributed by atoms with Crippen molar-refractivity contribution in [3.05, 3.63) is 41.1 Å². The van der Waals surface area contributed by atoms with Gasteiger partial charge in [0, 0.05) is 17.7 Å². The Morgan fingerprint density at radius 2 is 2.13 bits per heavy atom. The molecular formula is C12H14N2O. The van der Waals surface area contributed by atoms with Crippen LogP contribution >= 0.6 is 0 Å². The van der Waals surface area contributed by atoms with Crippen molar-refractivity contribution in [2.75, 3.05) is 0 Å². The number of aromatic nitrogens is 1. The summed E-state index contributed by atoms with van der Waals surface area (Å²) in [6.45, 7) is 4.56. The highest BCUT2D eigenvalue weighted by molar-refractivity contribution is 5.65. The molecule has 0 fully saturated rings. The van der Waals surface area contributed by atoms with Crippen molar-refractivity contribution in [1.82, 2.24) is 5.16 Å². The fourth-order valence-corrected chi connectivity index (χ4v) is 1.61. The average Bonchev–Trinajstić information content (AvgIpc) is 2.69. The van der Waals surface area contributed by atoms with Crippen LogP contribution in [0.5, 0.6) is 0 Å². The van der Waals surface area contributed by atoms with E-state index in [9.17, 15) is 0 Å². The summed E-state index contributed by atoms with van der Waals surface area (Å²) in [4.78, 5) is 0. The Kier molecular flexibility index (Phi) is 2.56. The largest absolute Gasteiger partial charge is 0.356 e. The molecule has 78 valence electrons. The van der Waals surface area contributed by atoms with E-state index in [1.165, 1.54) is 11.1 Å². The summed E-state index contributed by atoms with van der Waals surface area (Å²) in [5.74, 6) is 0.790. The first kappa shape index (κ1) is 9.93. The van der Waals surface area contributed by atoms with Crippen LogP contribution in [0, 0.1) is 13.8 Å². The summed E-state index contributed by atoms with van der Waals surface area (Å²) in [5, 5.41) is 3.79. The minimum Gasteiger partial charge on any atom is -0.356 e. The Labute approximate surface area is 88.9 Å². The molecule has 0 unspecified atom stereocenters. The molecule has 0 aliphatic rings. The first-order valence-electron chi connectivity index (χ1n) is 4.93. The number of hydrogen-bond donors (Lipinski definition) is 1. The average molecular weight is 202 g/mol. The van der Waals surface area contributed by atoms with Crippen LogP contribution in [0.3, 0.4) is 0 Å². The van der Waals surface area contributed by atoms with E-state index in [0.717, 1.165) is 16.9 Å². The molecule has 0 aliphatic heterocycles. The third-order valence-corrected chi connectivity index (χ3v) is 2.50. The van der Waals surface area contributed by atoms with Crippen molar-refractivity contribution in [2.24, 2.45) is 5.73 Å². The van der Waals surface area contributed by atoms with Gasteiger partial charge in [-0.1, -0.05) is 22.9 Å². The van der Waals surface area contributed by atoms with Gasteiger partial charge in [0.15, 0.2) is 5.76 Å². The molecule has 0 aliphatic carbocycles. The highest BCUT2D eigenvalue weighted by Crippen LogP contribution is 2.27. The SMILES string of the molecule is Cc1ccc(C)c(-c2oncc2CN)c1. The predicted octanol–water partition coefficient (Wildman–Crippen LogP) is 2.42. The molecule has 0 spiro atoms. The van der Waals surface area contributed by atoms with Crippen LogP contribution in [0.25, 0.3) is 11.3 Å². The Balaban J connectivity index is 2.58. The lowest BCUT2D eigenvalue weighted by Gasteiger charge is -2.04. The molecule has 0 radical (unpaired) electrons. The van der Waals surface area contributed by atoms with Crippen LogP contribution in [-0.2, 0) is 6.54 Å². The zero-order valence-electron chi connectivity index (χ0n) is 8.95. The lowest BCUT2D eigenvalue weighted by atomic mass is 10.0. The molecule has 2 N–H and O–H groups in total. The normalized spacial score (nSPS) is 10.6. The second-order valence-electron chi connectivity index (χ2n) is 3.70. The molecule has 0 saturated carbocycles. The second kappa shape index (κ2) is 3.87. The summed E-state index contributed by atoms with van der Waals surface area (Å²) in [5.41, 5.74) is 10.0. The molecule has 2 aromatic rings. The van der Waals surface area contributed by atoms with Gasteiger partial charge >= 0.3 is 0 Å². The Morgan fingerprint density at radius 1 is 1.33 bits per heavy atom. The van der Waals surface area contributed by atoms with Crippen LogP contribution in [0.2, 0.25) is 0 Å². The zero-order valence-corrected chi connectivity index (χ0v) is 8.95. The van der Waals surface area contributed by atoms with Gasteiger partial charge in [0.25, 0.3) is 0 Å². The summed E-state index contributed by atoms with van der Waals surface area (Å²) < 4.78 is 5.25. The smallest absolute Gasteiger partial charge is 0.171 e. The lowest BCUT2D eigenvalue weighted by molar-refractivity contribution is 0.431. The lowest BCUT2D eigenvalue weighted by Crippen LogP contribution is -1.96. The van der Waals surface area contributed by atoms with Crippen LogP contribution in [0.4, 0.5) is 0 Å². The number of nitrogens with two attached hydrogens (primary N) is 1. The fourth-order valence-electron chi connectivity index (χ4n) is 1.61. The van der Waals surface area contributed by atoms with E-state index in [0.29, 0.717) is 6.54 Å². The van der Waals surface area contributed by atoms with Crippen molar-refractivity contribution in [3.8, 4) is 11.3 Å². The van der Waals surface area contributed by atoms with E-state index in [-0.39, 0.29) is 0 Å². The third kappa shape index (κ3) is 1.78. The van der Waals surface area contributed by atoms with Gasteiger partial charge in [-0.2, -0.15) is 0 Å². The second-order valence-corrected chi connectivity index (χ2v) is 3.70. The quantitative estimate of drug-likeness (QED) is 0.813. The monoisotopic (exact) mass is 202 g/mol. The molecule has 3 heteroatoms. The van der Waals surface area contributed by atoms with Gasteiger partial charge in [-0.15, -0.1) is 0 Å². The van der Waals surface area contributed by atoms with Gasteiger partial charge in [-0.05, 0) is 25.5 Å². The van der Waals surface area contributed by atoms with E-state index < -0.39 is 0 Å². The molecule has 0 bridgehead atoms. The van der Waals surface area contributed by atoms with Crippen molar-refractivity contribution in [2.45, 2.75) is 20.4 Å². The maximum absolute atomic E-state index is 5.62. The van der Waals surface area contributed by atoms with E-state index in [4.69, 9.17) is 10.3 Å². The summed E-state index contributed by atoms with van der Waals surface area (Å²) >= 11 is 0. The number of rotatable bonds is 2. The number of hydrogen-bond acceptors (Lipinski definition) is 3. The van der Waals surface area contributed by atoms with Crippen LogP contribution in [0.15, 0.2) is 28.9 Å². The number of benzene rings is 1. The van der Waals surface area contributed by atoms with Gasteiger partial charge in [0.1, 0.15) is 0 Å². The zero-order chi connectivity index (χ0) is 10.8. The van der Waals surface area contributed by atoms with Crippen LogP contribution in [-0.4, -0.2) is 5.16 Å². The van der Waals surface area contributed by atoms with Gasteiger partial charge in [0.05, 0.1) is 6.20 Å². The summed E-state index contributed by atoms with van der Waals surface area (Å²) in [6.07, 6.45) is 1.68. The van der Waals surface area contributed by atoms with E-state index in [1.54, 1.807) is 6.20 Å². The molecule has 3 nitrogen and oxygen atoms in total. The molecule has 1 heterocycles. The maximum Gasteiger partial charge on any atom is 0.171 e. The first-order chi connectivity index (χ1) is 7.22. The minimum atomic E-state index is 0.451. The molecule has 0 saturated heterocycles. The van der Waals surface area contributed by atoms with Gasteiger partial charge in [-0.25, -0.2) is 0 Å². The third-order valence-electron chi connectivity index (χ3n) is 2.50. The Bertz CT molecular complexity index is 474. The maximum atomic E-state index is 5.62.